The van der Waals surface area contributed by atoms with Gasteiger partial charge in [-0.05, 0) is 65.9 Å². The van der Waals surface area contributed by atoms with E-state index < -0.39 is 39.1 Å². The molecular weight excluding hydrogens is 456 g/mol. The average molecular weight is 490 g/mol. The monoisotopic (exact) mass is 489 g/mol. The Balaban J connectivity index is 2.06. The van der Waals surface area contributed by atoms with Crippen LogP contribution in [0.2, 0.25) is 0 Å². The zero-order chi connectivity index (χ0) is 25.0. The van der Waals surface area contributed by atoms with Gasteiger partial charge in [-0.1, -0.05) is 0 Å². The van der Waals surface area contributed by atoms with Crippen LogP contribution in [0.15, 0.2) is 23.1 Å². The van der Waals surface area contributed by atoms with Crippen molar-refractivity contribution >= 4 is 21.9 Å². The van der Waals surface area contributed by atoms with Crippen LogP contribution in [-0.2, 0) is 24.3 Å². The van der Waals surface area contributed by atoms with Crippen molar-refractivity contribution in [2.45, 2.75) is 44.1 Å². The molecule has 33 heavy (non-hydrogen) atoms. The molecule has 0 N–H and O–H groups in total. The summed E-state index contributed by atoms with van der Waals surface area (Å²) in [6.45, 7) is 6.07. The van der Waals surface area contributed by atoms with Gasteiger partial charge in [0.1, 0.15) is 12.1 Å². The first-order valence-electron chi connectivity index (χ1n) is 10.8. The van der Waals surface area contributed by atoms with Gasteiger partial charge in [-0.25, -0.2) is 17.2 Å². The van der Waals surface area contributed by atoms with E-state index in [4.69, 9.17) is 4.74 Å². The number of nitrogens with zero attached hydrogens (tertiary/aromatic N) is 3. The fourth-order valence-corrected chi connectivity index (χ4v) is 4.99. The van der Waals surface area contributed by atoms with E-state index in [9.17, 15) is 26.8 Å². The topological polar surface area (TPSA) is 87.2 Å². The first-order chi connectivity index (χ1) is 15.2. The second-order valence-electron chi connectivity index (χ2n) is 9.40. The molecule has 1 amide bonds. The van der Waals surface area contributed by atoms with E-state index in [1.165, 1.54) is 9.21 Å². The number of carbonyl (C=O) groups excluding carboxylic acids is 2. The lowest BCUT2D eigenvalue weighted by Crippen LogP contribution is -2.47. The zero-order valence-corrected chi connectivity index (χ0v) is 20.6. The minimum atomic E-state index is -4.01. The second kappa shape index (κ2) is 10.9. The highest BCUT2D eigenvalue weighted by Crippen LogP contribution is 2.26. The lowest BCUT2D eigenvalue weighted by Gasteiger charge is -2.34. The normalized spacial score (nSPS) is 16.1. The Bertz CT molecular complexity index is 955. The van der Waals surface area contributed by atoms with Crippen molar-refractivity contribution in [2.24, 2.45) is 5.92 Å². The van der Waals surface area contributed by atoms with Gasteiger partial charge >= 0.3 is 5.97 Å². The molecule has 1 aliphatic heterocycles. The number of hydrogen-bond donors (Lipinski definition) is 0. The molecule has 1 saturated heterocycles. The van der Waals surface area contributed by atoms with Crippen LogP contribution in [-0.4, -0.2) is 86.8 Å². The Morgan fingerprint density at radius 1 is 1.09 bits per heavy atom. The summed E-state index contributed by atoms with van der Waals surface area (Å²) in [5, 5.41) is 0. The number of carbonyl (C=O) groups is 2. The highest BCUT2D eigenvalue weighted by molar-refractivity contribution is 7.89. The Morgan fingerprint density at radius 2 is 1.70 bits per heavy atom. The van der Waals surface area contributed by atoms with E-state index in [2.05, 4.69) is 0 Å². The number of benzene rings is 1. The lowest BCUT2D eigenvalue weighted by molar-refractivity contribution is -0.160. The molecule has 1 fully saturated rings. The number of hydrogen-bond acceptors (Lipinski definition) is 6. The minimum Gasteiger partial charge on any atom is -0.459 e. The number of ether oxygens (including phenoxy) is 1. The average Bonchev–Trinajstić information content (AvgIpc) is 2.71. The summed E-state index contributed by atoms with van der Waals surface area (Å²) < 4.78 is 58.8. The summed E-state index contributed by atoms with van der Waals surface area (Å²) in [4.78, 5) is 28.5. The zero-order valence-electron chi connectivity index (χ0n) is 19.8. The van der Waals surface area contributed by atoms with Gasteiger partial charge in [-0.2, -0.15) is 4.31 Å². The van der Waals surface area contributed by atoms with Gasteiger partial charge in [-0.3, -0.25) is 9.59 Å². The smallest absolute Gasteiger partial charge is 0.326 e. The summed E-state index contributed by atoms with van der Waals surface area (Å²) in [6, 6.07) is 2.46. The van der Waals surface area contributed by atoms with Gasteiger partial charge in [-0.15, -0.1) is 0 Å². The summed E-state index contributed by atoms with van der Waals surface area (Å²) in [7, 11) is -0.293. The van der Waals surface area contributed by atoms with Crippen LogP contribution in [0.1, 0.15) is 33.6 Å². The van der Waals surface area contributed by atoms with E-state index in [0.717, 1.165) is 12.1 Å². The SMILES string of the molecule is CN(C)CCN(CC(=O)OC(C)(C)C)C(=O)C1CCN(S(=O)(=O)c2ccc(F)c(F)c2)CC1. The molecule has 1 heterocycles. The molecule has 0 radical (unpaired) electrons. The Kier molecular flexibility index (Phi) is 8.94. The van der Waals surface area contributed by atoms with Crippen LogP contribution >= 0.6 is 0 Å². The Morgan fingerprint density at radius 3 is 2.21 bits per heavy atom. The van der Waals surface area contributed by atoms with Crippen LogP contribution in [0, 0.1) is 17.6 Å². The van der Waals surface area contributed by atoms with Gasteiger partial charge in [0, 0.05) is 32.1 Å². The molecule has 0 unspecified atom stereocenters. The van der Waals surface area contributed by atoms with Gasteiger partial charge in [0.15, 0.2) is 11.6 Å². The van der Waals surface area contributed by atoms with Crippen LogP contribution < -0.4 is 0 Å². The number of likely N-dealkylation sites (N-methyl/N-ethyl adjacent to an activating group) is 1. The number of amides is 1. The van der Waals surface area contributed by atoms with Crippen LogP contribution in [0.5, 0.6) is 0 Å². The van der Waals surface area contributed by atoms with Gasteiger partial charge in [0.2, 0.25) is 15.9 Å². The van der Waals surface area contributed by atoms with Crippen LogP contribution in [0.3, 0.4) is 0 Å². The quantitative estimate of drug-likeness (QED) is 0.520. The highest BCUT2D eigenvalue weighted by Gasteiger charge is 2.35. The maximum absolute atomic E-state index is 13.5. The van der Waals surface area contributed by atoms with Crippen molar-refractivity contribution in [1.29, 1.82) is 0 Å². The molecule has 2 rings (SSSR count). The molecule has 11 heteroatoms. The first-order valence-corrected chi connectivity index (χ1v) is 12.3. The molecule has 0 saturated carbocycles. The summed E-state index contributed by atoms with van der Waals surface area (Å²) in [5.74, 6) is -3.55. The Labute approximate surface area is 194 Å². The van der Waals surface area contributed by atoms with E-state index in [0.29, 0.717) is 19.2 Å². The van der Waals surface area contributed by atoms with E-state index in [1.54, 1.807) is 20.8 Å². The molecule has 1 aromatic rings. The molecule has 1 aromatic carbocycles. The third-order valence-corrected chi connectivity index (χ3v) is 7.10. The molecule has 1 aliphatic rings. The largest absolute Gasteiger partial charge is 0.459 e. The van der Waals surface area contributed by atoms with Crippen molar-refractivity contribution in [3.8, 4) is 0 Å². The summed E-state index contributed by atoms with van der Waals surface area (Å²) in [5.41, 5.74) is -0.674. The van der Waals surface area contributed by atoms with E-state index >= 15 is 0 Å². The molecule has 186 valence electrons. The number of rotatable bonds is 8. The molecule has 0 aromatic heterocycles. The standard InChI is InChI=1S/C22H33F2N3O5S/c1-22(2,3)32-20(28)15-26(13-12-25(4)5)21(29)16-8-10-27(11-9-16)33(30,31)17-6-7-18(23)19(24)14-17/h6-7,14,16H,8-13,15H2,1-5H3. The van der Waals surface area contributed by atoms with Gasteiger partial charge in [0.25, 0.3) is 0 Å². The maximum Gasteiger partial charge on any atom is 0.326 e. The first kappa shape index (κ1) is 27.1. The van der Waals surface area contributed by atoms with Gasteiger partial charge < -0.3 is 14.5 Å². The fraction of sp³-hybridized carbons (Fsp3) is 0.636. The van der Waals surface area contributed by atoms with Gasteiger partial charge in [0.05, 0.1) is 4.90 Å². The van der Waals surface area contributed by atoms with Crippen molar-refractivity contribution in [2.75, 3.05) is 46.8 Å². The highest BCUT2D eigenvalue weighted by atomic mass is 32.2. The predicted octanol–water partition coefficient (Wildman–Crippen LogP) is 2.10. The van der Waals surface area contributed by atoms with Crippen molar-refractivity contribution < 1.29 is 31.5 Å². The maximum atomic E-state index is 13.5. The van der Waals surface area contributed by atoms with Crippen LogP contribution in [0.4, 0.5) is 8.78 Å². The third-order valence-electron chi connectivity index (χ3n) is 5.20. The number of esters is 1. The molecule has 0 atom stereocenters. The molecule has 0 bridgehead atoms. The number of sulfonamides is 1. The molecule has 8 nitrogen and oxygen atoms in total. The van der Waals surface area contributed by atoms with Crippen molar-refractivity contribution in [3.05, 3.63) is 29.8 Å². The lowest BCUT2D eigenvalue weighted by atomic mass is 9.96. The molecular formula is C22H33F2N3O5S. The summed E-state index contributed by atoms with van der Waals surface area (Å²) in [6.07, 6.45) is 0.517. The number of piperidine rings is 1. The van der Waals surface area contributed by atoms with E-state index in [1.807, 2.05) is 19.0 Å². The van der Waals surface area contributed by atoms with Crippen molar-refractivity contribution in [1.82, 2.24) is 14.1 Å². The minimum absolute atomic E-state index is 0.0612. The summed E-state index contributed by atoms with van der Waals surface area (Å²) >= 11 is 0. The van der Waals surface area contributed by atoms with E-state index in [-0.39, 0.29) is 43.3 Å². The Hall–Kier alpha value is -2.11. The van der Waals surface area contributed by atoms with Crippen LogP contribution in [0.25, 0.3) is 0 Å². The molecule has 0 spiro atoms. The fourth-order valence-electron chi connectivity index (χ4n) is 3.51. The number of halogens is 2. The second-order valence-corrected chi connectivity index (χ2v) is 11.3. The third kappa shape index (κ3) is 7.72. The van der Waals surface area contributed by atoms with Crippen molar-refractivity contribution in [3.63, 3.8) is 0 Å². The predicted molar refractivity (Wildman–Crippen MR) is 119 cm³/mol. The molecule has 0 aliphatic carbocycles.